The molecule has 0 aliphatic carbocycles. The molecular weight excluding hydrogens is 612 g/mol. The van der Waals surface area contributed by atoms with Crippen LogP contribution in [0.3, 0.4) is 0 Å². The number of anilines is 2. The lowest BCUT2D eigenvalue weighted by molar-refractivity contribution is -0.113. The number of benzene rings is 3. The van der Waals surface area contributed by atoms with Crippen molar-refractivity contribution in [1.29, 1.82) is 0 Å². The Hall–Kier alpha value is -2.33. The molecule has 180 valence electrons. The van der Waals surface area contributed by atoms with Crippen molar-refractivity contribution in [1.82, 2.24) is 0 Å². The van der Waals surface area contributed by atoms with Crippen LogP contribution in [-0.4, -0.2) is 31.4 Å². The van der Waals surface area contributed by atoms with E-state index in [-0.39, 0.29) is 5.91 Å². The monoisotopic (exact) mass is 632 g/mol. The quantitative estimate of drug-likeness (QED) is 0.201. The van der Waals surface area contributed by atoms with Gasteiger partial charge in [0.05, 0.1) is 22.2 Å². The van der Waals surface area contributed by atoms with Crippen molar-refractivity contribution < 1.29 is 14.3 Å². The number of halogens is 2. The molecule has 0 atom stereocenters. The fourth-order valence-electron chi connectivity index (χ4n) is 3.44. The molecule has 1 aliphatic rings. The van der Waals surface area contributed by atoms with Gasteiger partial charge in [0.2, 0.25) is 0 Å². The number of hydrogen-bond acceptors (Lipinski definition) is 6. The number of hydrogen-bond donors (Lipinski definition) is 0. The Kier molecular flexibility index (Phi) is 8.21. The molecule has 1 heterocycles. The highest BCUT2D eigenvalue weighted by Crippen LogP contribution is 2.40. The van der Waals surface area contributed by atoms with Crippen molar-refractivity contribution in [3.63, 3.8) is 0 Å². The second-order valence-electron chi connectivity index (χ2n) is 7.88. The minimum atomic E-state index is -0.150. The Morgan fingerprint density at radius 3 is 2.37 bits per heavy atom. The van der Waals surface area contributed by atoms with Crippen LogP contribution >= 0.6 is 55.8 Å². The van der Waals surface area contributed by atoms with Gasteiger partial charge in [-0.3, -0.25) is 9.69 Å². The summed E-state index contributed by atoms with van der Waals surface area (Å²) in [5.74, 6) is 1.02. The van der Waals surface area contributed by atoms with Gasteiger partial charge in [-0.05, 0) is 81.7 Å². The van der Waals surface area contributed by atoms with E-state index >= 15 is 0 Å². The van der Waals surface area contributed by atoms with E-state index in [2.05, 4.69) is 31.9 Å². The van der Waals surface area contributed by atoms with Crippen molar-refractivity contribution in [3.05, 3.63) is 85.6 Å². The molecule has 4 rings (SSSR count). The van der Waals surface area contributed by atoms with E-state index in [1.54, 1.807) is 12.0 Å². The third kappa shape index (κ3) is 5.91. The van der Waals surface area contributed by atoms with Crippen LogP contribution in [-0.2, 0) is 11.4 Å². The largest absolute Gasteiger partial charge is 0.493 e. The van der Waals surface area contributed by atoms with Gasteiger partial charge in [0.15, 0.2) is 15.8 Å². The van der Waals surface area contributed by atoms with Crippen LogP contribution in [0.15, 0.2) is 74.5 Å². The second kappa shape index (κ2) is 11.2. The summed E-state index contributed by atoms with van der Waals surface area (Å²) in [5, 5.41) is 0. The summed E-state index contributed by atoms with van der Waals surface area (Å²) in [6.07, 6.45) is 1.82. The molecule has 35 heavy (non-hydrogen) atoms. The lowest BCUT2D eigenvalue weighted by Gasteiger charge is -2.17. The molecule has 1 saturated heterocycles. The highest BCUT2D eigenvalue weighted by Gasteiger charge is 2.33. The fraction of sp³-hybridized carbons (Fsp3) is 0.154. The van der Waals surface area contributed by atoms with Gasteiger partial charge >= 0.3 is 0 Å². The van der Waals surface area contributed by atoms with E-state index in [1.165, 1.54) is 11.8 Å². The predicted octanol–water partition coefficient (Wildman–Crippen LogP) is 7.27. The summed E-state index contributed by atoms with van der Waals surface area (Å²) in [4.78, 5) is 17.3. The first-order valence-corrected chi connectivity index (χ1v) is 13.4. The summed E-state index contributed by atoms with van der Waals surface area (Å²) < 4.78 is 13.9. The molecule has 5 nitrogen and oxygen atoms in total. The van der Waals surface area contributed by atoms with Crippen molar-refractivity contribution in [2.75, 3.05) is 31.0 Å². The molecule has 3 aromatic rings. The van der Waals surface area contributed by atoms with Crippen LogP contribution in [0.4, 0.5) is 11.4 Å². The summed E-state index contributed by atoms with van der Waals surface area (Å²) >= 11 is 13.8. The van der Waals surface area contributed by atoms with E-state index in [1.807, 2.05) is 85.7 Å². The van der Waals surface area contributed by atoms with Gasteiger partial charge in [-0.1, -0.05) is 52.0 Å². The molecule has 0 saturated carbocycles. The zero-order valence-corrected chi connectivity index (χ0v) is 24.1. The van der Waals surface area contributed by atoms with Crippen LogP contribution in [0.5, 0.6) is 11.5 Å². The molecule has 0 spiro atoms. The normalized spacial score (nSPS) is 14.5. The Bertz CT molecular complexity index is 1290. The maximum atomic E-state index is 13.2. The van der Waals surface area contributed by atoms with Crippen molar-refractivity contribution in [2.24, 2.45) is 0 Å². The van der Waals surface area contributed by atoms with E-state index in [0.29, 0.717) is 27.3 Å². The molecule has 3 aromatic carbocycles. The van der Waals surface area contributed by atoms with Gasteiger partial charge in [-0.15, -0.1) is 0 Å². The van der Waals surface area contributed by atoms with Gasteiger partial charge in [-0.2, -0.15) is 0 Å². The van der Waals surface area contributed by atoms with Gasteiger partial charge in [0, 0.05) is 24.3 Å². The number of carbonyl (C=O) groups excluding carboxylic acids is 1. The molecule has 0 N–H and O–H groups in total. The Morgan fingerprint density at radius 1 is 1.06 bits per heavy atom. The van der Waals surface area contributed by atoms with Gasteiger partial charge < -0.3 is 14.4 Å². The fourth-order valence-corrected chi connectivity index (χ4v) is 5.58. The summed E-state index contributed by atoms with van der Waals surface area (Å²) in [5.41, 5.74) is 3.63. The van der Waals surface area contributed by atoms with E-state index < -0.39 is 0 Å². The summed E-state index contributed by atoms with van der Waals surface area (Å²) in [6, 6.07) is 19.4. The number of thiocarbonyl (C=S) groups is 1. The molecule has 0 bridgehead atoms. The molecule has 1 amide bonds. The average Bonchev–Trinajstić information content (AvgIpc) is 3.11. The summed E-state index contributed by atoms with van der Waals surface area (Å²) in [7, 11) is 5.54. The van der Waals surface area contributed by atoms with Crippen LogP contribution in [0.1, 0.15) is 11.1 Å². The predicted molar refractivity (Wildman–Crippen MR) is 156 cm³/mol. The number of thioether (sulfide) groups is 1. The number of methoxy groups -OCH3 is 1. The summed E-state index contributed by atoms with van der Waals surface area (Å²) in [6.45, 7) is 0.396. The number of carbonyl (C=O) groups is 1. The van der Waals surface area contributed by atoms with E-state index in [4.69, 9.17) is 21.7 Å². The first-order valence-electron chi connectivity index (χ1n) is 10.6. The standard InChI is InChI=1S/C26H22Br2N2O3S2/c1-29(2)19-8-10-20(11-9-19)30-25(31)23(35-26(30)34)14-17-12-21(28)24(22(13-17)32-3)33-15-16-4-6-18(27)7-5-16/h4-14H,15H2,1-3H3/b23-14+. The number of nitrogens with zero attached hydrogens (tertiary/aromatic N) is 2. The van der Waals surface area contributed by atoms with Crippen molar-refractivity contribution in [2.45, 2.75) is 6.61 Å². The Balaban J connectivity index is 1.55. The number of amides is 1. The molecule has 1 aliphatic heterocycles. The molecule has 0 unspecified atom stereocenters. The molecular formula is C26H22Br2N2O3S2. The first kappa shape index (κ1) is 25.8. The van der Waals surface area contributed by atoms with Gasteiger partial charge in [-0.25, -0.2) is 0 Å². The molecule has 9 heteroatoms. The Labute approximate surface area is 231 Å². The highest BCUT2D eigenvalue weighted by molar-refractivity contribution is 9.10. The molecule has 0 aromatic heterocycles. The van der Waals surface area contributed by atoms with Crippen LogP contribution < -0.4 is 19.3 Å². The SMILES string of the molecule is COc1cc(/C=C2/SC(=S)N(c3ccc(N(C)C)cc3)C2=O)cc(Br)c1OCc1ccc(Br)cc1. The smallest absolute Gasteiger partial charge is 0.270 e. The van der Waals surface area contributed by atoms with Crippen LogP contribution in [0, 0.1) is 0 Å². The minimum absolute atomic E-state index is 0.150. The maximum absolute atomic E-state index is 13.2. The van der Waals surface area contributed by atoms with Crippen LogP contribution in [0.25, 0.3) is 6.08 Å². The number of ether oxygens (including phenoxy) is 2. The van der Waals surface area contributed by atoms with Crippen molar-refractivity contribution >= 4 is 83.5 Å². The van der Waals surface area contributed by atoms with Crippen LogP contribution in [0.2, 0.25) is 0 Å². The maximum Gasteiger partial charge on any atom is 0.270 e. The van der Waals surface area contributed by atoms with E-state index in [0.717, 1.165) is 31.4 Å². The van der Waals surface area contributed by atoms with Crippen molar-refractivity contribution in [3.8, 4) is 11.5 Å². The molecule has 1 fully saturated rings. The minimum Gasteiger partial charge on any atom is -0.493 e. The Morgan fingerprint density at radius 2 is 1.74 bits per heavy atom. The zero-order valence-electron chi connectivity index (χ0n) is 19.2. The second-order valence-corrected chi connectivity index (χ2v) is 11.3. The third-order valence-electron chi connectivity index (χ3n) is 5.26. The van der Waals surface area contributed by atoms with E-state index in [9.17, 15) is 4.79 Å². The zero-order chi connectivity index (χ0) is 25.1. The topological polar surface area (TPSA) is 42.0 Å². The third-order valence-corrected chi connectivity index (χ3v) is 7.68. The lowest BCUT2D eigenvalue weighted by Crippen LogP contribution is -2.27. The highest BCUT2D eigenvalue weighted by atomic mass is 79.9. The molecule has 0 radical (unpaired) electrons. The number of rotatable bonds is 7. The van der Waals surface area contributed by atoms with Gasteiger partial charge in [0.25, 0.3) is 5.91 Å². The lowest BCUT2D eigenvalue weighted by atomic mass is 10.1. The first-order chi connectivity index (χ1) is 16.8. The van der Waals surface area contributed by atoms with Gasteiger partial charge in [0.1, 0.15) is 6.61 Å². The average molecular weight is 634 g/mol.